The molecule has 0 unspecified atom stereocenters. The third kappa shape index (κ3) is 2.44. The van der Waals surface area contributed by atoms with Crippen molar-refractivity contribution in [3.05, 3.63) is 11.3 Å². The van der Waals surface area contributed by atoms with Gasteiger partial charge >= 0.3 is 0 Å². The van der Waals surface area contributed by atoms with Crippen LogP contribution in [0.2, 0.25) is 0 Å². The van der Waals surface area contributed by atoms with Crippen molar-refractivity contribution in [1.82, 2.24) is 5.32 Å². The van der Waals surface area contributed by atoms with Crippen molar-refractivity contribution in [1.29, 1.82) is 0 Å². The van der Waals surface area contributed by atoms with Crippen molar-refractivity contribution in [3.63, 3.8) is 0 Å². The van der Waals surface area contributed by atoms with Crippen LogP contribution < -0.4 is 5.32 Å². The highest BCUT2D eigenvalue weighted by Gasteiger charge is 2.28. The summed E-state index contributed by atoms with van der Waals surface area (Å²) in [6.07, 6.45) is 1.04. The van der Waals surface area contributed by atoms with E-state index in [4.69, 9.17) is 0 Å². The molecule has 1 rings (SSSR count). The molecule has 1 aliphatic heterocycles. The van der Waals surface area contributed by atoms with Gasteiger partial charge in [-0.3, -0.25) is 4.99 Å². The van der Waals surface area contributed by atoms with Crippen LogP contribution in [-0.4, -0.2) is 17.3 Å². The molecule has 0 fully saturated rings. The minimum absolute atomic E-state index is 0.00396. The van der Waals surface area contributed by atoms with Gasteiger partial charge in [-0.15, -0.1) is 0 Å². The quantitative estimate of drug-likeness (QED) is 0.734. The molecule has 0 aromatic heterocycles. The molecule has 2 heteroatoms. The van der Waals surface area contributed by atoms with Gasteiger partial charge in [0.15, 0.2) is 0 Å². The van der Waals surface area contributed by atoms with Crippen LogP contribution in [0, 0.1) is 0 Å². The van der Waals surface area contributed by atoms with Gasteiger partial charge < -0.3 is 5.32 Å². The third-order valence-corrected chi connectivity index (χ3v) is 2.47. The van der Waals surface area contributed by atoms with Crippen LogP contribution in [0.5, 0.6) is 0 Å². The highest BCUT2D eigenvalue weighted by Crippen LogP contribution is 2.28. The zero-order valence-electron chi connectivity index (χ0n) is 10.2. The summed E-state index contributed by atoms with van der Waals surface area (Å²) in [6.45, 7) is 13.0. The first-order valence-electron chi connectivity index (χ1n) is 5.35. The van der Waals surface area contributed by atoms with E-state index in [1.807, 2.05) is 0 Å². The minimum atomic E-state index is -0.00396. The maximum atomic E-state index is 4.63. The van der Waals surface area contributed by atoms with E-state index in [9.17, 15) is 0 Å². The number of rotatable bonds is 3. The van der Waals surface area contributed by atoms with Gasteiger partial charge in [-0.25, -0.2) is 0 Å². The smallest absolute Gasteiger partial charge is 0.0591 e. The predicted molar refractivity (Wildman–Crippen MR) is 62.8 cm³/mol. The molecule has 0 aliphatic carbocycles. The summed E-state index contributed by atoms with van der Waals surface area (Å²) in [6, 6.07) is 0.487. The molecule has 0 atom stereocenters. The fourth-order valence-electron chi connectivity index (χ4n) is 2.26. The van der Waals surface area contributed by atoms with Gasteiger partial charge in [-0.1, -0.05) is 13.8 Å². The van der Waals surface area contributed by atoms with Gasteiger partial charge in [0.2, 0.25) is 0 Å². The third-order valence-electron chi connectivity index (χ3n) is 2.47. The highest BCUT2D eigenvalue weighted by atomic mass is 15.0. The van der Waals surface area contributed by atoms with Crippen molar-refractivity contribution in [2.45, 2.75) is 59.5 Å². The summed E-state index contributed by atoms with van der Waals surface area (Å²) in [7, 11) is 0. The monoisotopic (exact) mass is 194 g/mol. The van der Waals surface area contributed by atoms with Crippen molar-refractivity contribution < 1.29 is 0 Å². The molecule has 0 aromatic rings. The standard InChI is InChI=1S/C12H22N2/c1-8(2)14-12(5,6)11-9(3)7-10(4)13-11/h8,14H,7H2,1-6H3. The first kappa shape index (κ1) is 11.4. The van der Waals surface area contributed by atoms with E-state index >= 15 is 0 Å². The van der Waals surface area contributed by atoms with Crippen molar-refractivity contribution in [3.8, 4) is 0 Å². The van der Waals surface area contributed by atoms with Crippen molar-refractivity contribution in [2.75, 3.05) is 0 Å². The summed E-state index contributed by atoms with van der Waals surface area (Å²) in [5, 5.41) is 3.55. The van der Waals surface area contributed by atoms with Crippen LogP contribution >= 0.6 is 0 Å². The van der Waals surface area contributed by atoms with Gasteiger partial charge in [-0.05, 0) is 33.3 Å². The van der Waals surface area contributed by atoms with E-state index in [2.05, 4.69) is 51.9 Å². The number of nitrogens with zero attached hydrogens (tertiary/aromatic N) is 1. The zero-order chi connectivity index (χ0) is 10.9. The molecular weight excluding hydrogens is 172 g/mol. The molecule has 0 amide bonds. The Morgan fingerprint density at radius 1 is 1.29 bits per heavy atom. The molecule has 0 radical (unpaired) electrons. The molecule has 14 heavy (non-hydrogen) atoms. The van der Waals surface area contributed by atoms with Crippen molar-refractivity contribution >= 4 is 5.71 Å². The second-order valence-corrected chi connectivity index (χ2v) is 5.08. The van der Waals surface area contributed by atoms with Gasteiger partial charge in [0, 0.05) is 18.2 Å². The maximum Gasteiger partial charge on any atom is 0.0591 e. The Morgan fingerprint density at radius 3 is 2.21 bits per heavy atom. The fraction of sp³-hybridized carbons (Fsp3) is 0.750. The number of hydrogen-bond acceptors (Lipinski definition) is 2. The van der Waals surface area contributed by atoms with Gasteiger partial charge in [0.05, 0.1) is 11.2 Å². The normalized spacial score (nSPS) is 18.1. The summed E-state index contributed by atoms with van der Waals surface area (Å²) in [5.41, 5.74) is 3.86. The Hall–Kier alpha value is -0.630. The second-order valence-electron chi connectivity index (χ2n) is 5.08. The van der Waals surface area contributed by atoms with E-state index in [1.54, 1.807) is 0 Å². The van der Waals surface area contributed by atoms with Gasteiger partial charge in [-0.2, -0.15) is 0 Å². The first-order chi connectivity index (χ1) is 6.33. The highest BCUT2D eigenvalue weighted by molar-refractivity contribution is 5.88. The van der Waals surface area contributed by atoms with E-state index in [1.165, 1.54) is 17.0 Å². The molecule has 1 aliphatic rings. The van der Waals surface area contributed by atoms with Gasteiger partial charge in [0.25, 0.3) is 0 Å². The average molecular weight is 194 g/mol. The van der Waals surface area contributed by atoms with Crippen molar-refractivity contribution in [2.24, 2.45) is 4.99 Å². The molecule has 80 valence electrons. The topological polar surface area (TPSA) is 24.4 Å². The summed E-state index contributed by atoms with van der Waals surface area (Å²) in [5.74, 6) is 0. The van der Waals surface area contributed by atoms with Crippen LogP contribution in [0.25, 0.3) is 0 Å². The summed E-state index contributed by atoms with van der Waals surface area (Å²) in [4.78, 5) is 4.63. The SMILES string of the molecule is CC1=NC(C(C)(C)NC(C)C)=C(C)C1. The lowest BCUT2D eigenvalue weighted by Gasteiger charge is -2.29. The van der Waals surface area contributed by atoms with E-state index in [-0.39, 0.29) is 5.54 Å². The van der Waals surface area contributed by atoms with Crippen LogP contribution in [0.3, 0.4) is 0 Å². The molecule has 1 N–H and O–H groups in total. The lowest BCUT2D eigenvalue weighted by atomic mass is 9.96. The molecule has 2 nitrogen and oxygen atoms in total. The van der Waals surface area contributed by atoms with E-state index in [0.29, 0.717) is 6.04 Å². The Kier molecular flexibility index (Phi) is 3.15. The summed E-state index contributed by atoms with van der Waals surface area (Å²) >= 11 is 0. The number of aliphatic imine (C=N–C) groups is 1. The predicted octanol–water partition coefficient (Wildman–Crippen LogP) is 2.90. The maximum absolute atomic E-state index is 4.63. The Bertz CT molecular complexity index is 283. The fourth-order valence-corrected chi connectivity index (χ4v) is 2.26. The molecule has 1 heterocycles. The zero-order valence-corrected chi connectivity index (χ0v) is 10.2. The molecule has 0 saturated heterocycles. The van der Waals surface area contributed by atoms with Gasteiger partial charge in [0.1, 0.15) is 0 Å². The van der Waals surface area contributed by atoms with E-state index < -0.39 is 0 Å². The number of hydrogen-bond donors (Lipinski definition) is 1. The summed E-state index contributed by atoms with van der Waals surface area (Å²) < 4.78 is 0. The molecule has 0 aromatic carbocycles. The lowest BCUT2D eigenvalue weighted by molar-refractivity contribution is 0.403. The van der Waals surface area contributed by atoms with E-state index in [0.717, 1.165) is 6.42 Å². The average Bonchev–Trinajstić information content (AvgIpc) is 2.27. The molecule has 0 bridgehead atoms. The second kappa shape index (κ2) is 3.85. The number of allylic oxidation sites excluding steroid dienone is 1. The van der Waals surface area contributed by atoms with Crippen LogP contribution in [0.4, 0.5) is 0 Å². The minimum Gasteiger partial charge on any atom is -0.304 e. The Labute approximate surface area is 87.5 Å². The Balaban J connectivity index is 2.87. The molecular formula is C12H22N2. The van der Waals surface area contributed by atoms with Crippen LogP contribution in [0.15, 0.2) is 16.3 Å². The Morgan fingerprint density at radius 2 is 1.86 bits per heavy atom. The largest absolute Gasteiger partial charge is 0.304 e. The first-order valence-corrected chi connectivity index (χ1v) is 5.35. The molecule has 0 saturated carbocycles. The molecule has 0 spiro atoms. The van der Waals surface area contributed by atoms with Crippen LogP contribution in [0.1, 0.15) is 48.0 Å². The number of nitrogens with one attached hydrogen (secondary N) is 1. The van der Waals surface area contributed by atoms with Crippen LogP contribution in [-0.2, 0) is 0 Å². The lowest BCUT2D eigenvalue weighted by Crippen LogP contribution is -2.44.